The fourth-order valence-corrected chi connectivity index (χ4v) is 4.07. The molecule has 28 heavy (non-hydrogen) atoms. The smallest absolute Gasteiger partial charge is 0.128 e. The Morgan fingerprint density at radius 1 is 1.11 bits per heavy atom. The summed E-state index contributed by atoms with van der Waals surface area (Å²) in [6.45, 7) is 2.75. The van der Waals surface area contributed by atoms with Crippen LogP contribution in [0.15, 0.2) is 42.6 Å². The molecule has 2 aromatic heterocycles. The number of halogens is 1. The first-order valence-electron chi connectivity index (χ1n) is 9.57. The monoisotopic (exact) mass is 393 g/mol. The number of aromatic amines is 1. The Kier molecular flexibility index (Phi) is 5.25. The van der Waals surface area contributed by atoms with E-state index in [-0.39, 0.29) is 0 Å². The summed E-state index contributed by atoms with van der Waals surface area (Å²) in [5, 5.41) is 3.04. The second-order valence-corrected chi connectivity index (χ2v) is 7.44. The summed E-state index contributed by atoms with van der Waals surface area (Å²) in [6.07, 6.45) is 4.78. The van der Waals surface area contributed by atoms with Gasteiger partial charge >= 0.3 is 0 Å². The van der Waals surface area contributed by atoms with Gasteiger partial charge in [0.15, 0.2) is 0 Å². The number of methoxy groups -OCH3 is 1. The van der Waals surface area contributed by atoms with Gasteiger partial charge in [-0.25, -0.2) is 0 Å². The zero-order chi connectivity index (χ0) is 19.7. The number of nitrogens with zero attached hydrogens (tertiary/aromatic N) is 1. The van der Waals surface area contributed by atoms with E-state index < -0.39 is 0 Å². The maximum atomic E-state index is 6.40. The fourth-order valence-electron chi connectivity index (χ4n) is 3.91. The van der Waals surface area contributed by atoms with Crippen LogP contribution < -0.4 is 10.5 Å². The minimum absolute atomic E-state index is 0.698. The van der Waals surface area contributed by atoms with Gasteiger partial charge in [-0.1, -0.05) is 23.7 Å². The molecular weight excluding hydrogens is 370 g/mol. The van der Waals surface area contributed by atoms with Gasteiger partial charge in [-0.3, -0.25) is 4.98 Å². The van der Waals surface area contributed by atoms with E-state index in [9.17, 15) is 0 Å². The Morgan fingerprint density at radius 2 is 1.96 bits per heavy atom. The molecule has 0 spiro atoms. The van der Waals surface area contributed by atoms with Gasteiger partial charge in [-0.15, -0.1) is 0 Å². The van der Waals surface area contributed by atoms with Crippen molar-refractivity contribution >= 4 is 33.4 Å². The molecule has 0 unspecified atom stereocenters. The van der Waals surface area contributed by atoms with Gasteiger partial charge in [-0.05, 0) is 68.1 Å². The molecule has 5 heteroatoms. The zero-order valence-electron chi connectivity index (χ0n) is 16.2. The normalized spacial score (nSPS) is 11.4. The standard InChI is InChI=1S/C23H24ClN3O/c1-14-18(24)9-8-16-15(6-3-4-12-25)23(27-22(14)16)21-17-7-5-13-26-19(17)10-11-20(21)28-2/h5,7-11,13,27H,3-4,6,12,25H2,1-2H3. The zero-order valence-corrected chi connectivity index (χ0v) is 16.9. The molecule has 4 rings (SSSR count). The lowest BCUT2D eigenvalue weighted by atomic mass is 9.96. The predicted molar refractivity (Wildman–Crippen MR) is 117 cm³/mol. The van der Waals surface area contributed by atoms with E-state index >= 15 is 0 Å². The van der Waals surface area contributed by atoms with Crippen LogP contribution in [-0.4, -0.2) is 23.6 Å². The first-order chi connectivity index (χ1) is 13.7. The minimum atomic E-state index is 0.698. The van der Waals surface area contributed by atoms with Gasteiger partial charge in [-0.2, -0.15) is 0 Å². The van der Waals surface area contributed by atoms with Crippen molar-refractivity contribution in [3.05, 3.63) is 58.7 Å². The van der Waals surface area contributed by atoms with Gasteiger partial charge in [0.1, 0.15) is 5.75 Å². The number of aromatic nitrogens is 2. The molecule has 144 valence electrons. The number of fused-ring (bicyclic) bond motifs is 2. The number of pyridine rings is 1. The molecule has 0 atom stereocenters. The number of nitrogens with one attached hydrogen (secondary N) is 1. The molecule has 4 nitrogen and oxygen atoms in total. The molecule has 0 amide bonds. The Hall–Kier alpha value is -2.56. The number of benzene rings is 2. The Balaban J connectivity index is 2.04. The Morgan fingerprint density at radius 3 is 2.75 bits per heavy atom. The van der Waals surface area contributed by atoms with Crippen molar-refractivity contribution in [1.29, 1.82) is 0 Å². The number of nitrogens with two attached hydrogens (primary N) is 1. The van der Waals surface area contributed by atoms with Gasteiger partial charge in [0.05, 0.1) is 23.8 Å². The number of hydrogen-bond acceptors (Lipinski definition) is 3. The van der Waals surface area contributed by atoms with Crippen LogP contribution in [-0.2, 0) is 6.42 Å². The van der Waals surface area contributed by atoms with Crippen molar-refractivity contribution in [3.63, 3.8) is 0 Å². The molecule has 0 saturated carbocycles. The highest BCUT2D eigenvalue weighted by Crippen LogP contribution is 2.42. The number of rotatable bonds is 6. The van der Waals surface area contributed by atoms with Crippen LogP contribution in [0.3, 0.4) is 0 Å². The third kappa shape index (κ3) is 3.13. The number of unbranched alkanes of at least 4 members (excludes halogenated alkanes) is 1. The predicted octanol–water partition coefficient (Wildman–Crippen LogP) is 5.63. The quantitative estimate of drug-likeness (QED) is 0.417. The maximum Gasteiger partial charge on any atom is 0.128 e. The average Bonchev–Trinajstić information content (AvgIpc) is 3.09. The number of ether oxygens (including phenoxy) is 1. The van der Waals surface area contributed by atoms with Crippen LogP contribution in [0.25, 0.3) is 33.1 Å². The third-order valence-corrected chi connectivity index (χ3v) is 5.78. The lowest BCUT2D eigenvalue weighted by Gasteiger charge is -2.13. The molecule has 2 heterocycles. The summed E-state index contributed by atoms with van der Waals surface area (Å²) in [4.78, 5) is 8.19. The van der Waals surface area contributed by atoms with E-state index in [0.29, 0.717) is 6.54 Å². The first-order valence-corrected chi connectivity index (χ1v) is 9.95. The second-order valence-electron chi connectivity index (χ2n) is 7.03. The van der Waals surface area contributed by atoms with E-state index in [2.05, 4.69) is 29.0 Å². The van der Waals surface area contributed by atoms with Crippen LogP contribution in [0.4, 0.5) is 0 Å². The highest BCUT2D eigenvalue weighted by atomic mass is 35.5. The molecule has 0 fully saturated rings. The molecule has 4 aromatic rings. The fraction of sp³-hybridized carbons (Fsp3) is 0.261. The number of H-pyrrole nitrogens is 1. The maximum absolute atomic E-state index is 6.40. The van der Waals surface area contributed by atoms with Crippen LogP contribution >= 0.6 is 11.6 Å². The Labute approximate surface area is 169 Å². The lowest BCUT2D eigenvalue weighted by molar-refractivity contribution is 0.417. The Bertz CT molecular complexity index is 1150. The van der Waals surface area contributed by atoms with E-state index in [1.807, 2.05) is 30.5 Å². The number of aryl methyl sites for hydroxylation is 2. The molecule has 0 aliphatic carbocycles. The van der Waals surface area contributed by atoms with Gasteiger partial charge in [0, 0.05) is 27.6 Å². The summed E-state index contributed by atoms with van der Waals surface area (Å²) in [5.41, 5.74) is 12.2. The highest BCUT2D eigenvalue weighted by molar-refractivity contribution is 6.32. The second kappa shape index (κ2) is 7.82. The molecule has 0 saturated heterocycles. The molecule has 0 aliphatic heterocycles. The van der Waals surface area contributed by atoms with E-state index in [1.54, 1.807) is 7.11 Å². The van der Waals surface area contributed by atoms with Crippen molar-refractivity contribution in [2.75, 3.05) is 13.7 Å². The highest BCUT2D eigenvalue weighted by Gasteiger charge is 2.20. The molecule has 0 radical (unpaired) electrons. The third-order valence-electron chi connectivity index (χ3n) is 5.37. The molecule has 3 N–H and O–H groups in total. The van der Waals surface area contributed by atoms with Crippen LogP contribution in [0, 0.1) is 6.92 Å². The van der Waals surface area contributed by atoms with Crippen molar-refractivity contribution in [2.24, 2.45) is 5.73 Å². The summed E-state index contributed by atoms with van der Waals surface area (Å²) in [5.74, 6) is 0.830. The topological polar surface area (TPSA) is 63.9 Å². The van der Waals surface area contributed by atoms with Crippen LogP contribution in [0.2, 0.25) is 5.02 Å². The first kappa shape index (κ1) is 18.8. The summed E-state index contributed by atoms with van der Waals surface area (Å²) in [6, 6.07) is 12.1. The number of hydrogen-bond donors (Lipinski definition) is 2. The summed E-state index contributed by atoms with van der Waals surface area (Å²) >= 11 is 6.40. The van der Waals surface area contributed by atoms with E-state index in [1.165, 1.54) is 10.9 Å². The van der Waals surface area contributed by atoms with Crippen LogP contribution in [0.5, 0.6) is 5.75 Å². The summed E-state index contributed by atoms with van der Waals surface area (Å²) in [7, 11) is 1.71. The molecular formula is C23H24ClN3O. The SMILES string of the molecule is COc1ccc2ncccc2c1-c1[nH]c2c(C)c(Cl)ccc2c1CCCCN. The largest absolute Gasteiger partial charge is 0.496 e. The van der Waals surface area contributed by atoms with Crippen molar-refractivity contribution in [1.82, 2.24) is 9.97 Å². The molecule has 2 aromatic carbocycles. The van der Waals surface area contributed by atoms with Gasteiger partial charge in [0.25, 0.3) is 0 Å². The van der Waals surface area contributed by atoms with Crippen LogP contribution in [0.1, 0.15) is 24.0 Å². The summed E-state index contributed by atoms with van der Waals surface area (Å²) < 4.78 is 5.74. The molecule has 0 aliphatic rings. The molecule has 0 bridgehead atoms. The van der Waals surface area contributed by atoms with Crippen molar-refractivity contribution in [2.45, 2.75) is 26.2 Å². The van der Waals surface area contributed by atoms with Gasteiger partial charge in [0.2, 0.25) is 0 Å². The van der Waals surface area contributed by atoms with Gasteiger partial charge < -0.3 is 15.5 Å². The average molecular weight is 394 g/mol. The lowest BCUT2D eigenvalue weighted by Crippen LogP contribution is -2.00. The van der Waals surface area contributed by atoms with Crippen molar-refractivity contribution < 1.29 is 4.74 Å². The van der Waals surface area contributed by atoms with E-state index in [0.717, 1.165) is 63.3 Å². The van der Waals surface area contributed by atoms with Crippen molar-refractivity contribution in [3.8, 4) is 17.0 Å². The minimum Gasteiger partial charge on any atom is -0.496 e. The van der Waals surface area contributed by atoms with E-state index in [4.69, 9.17) is 22.1 Å².